The topological polar surface area (TPSA) is 57.1 Å². The second-order valence-electron chi connectivity index (χ2n) is 7.23. The van der Waals surface area contributed by atoms with Crippen molar-refractivity contribution in [1.82, 2.24) is 0 Å². The van der Waals surface area contributed by atoms with Gasteiger partial charge in [-0.05, 0) is 55.3 Å². The predicted molar refractivity (Wildman–Crippen MR) is 120 cm³/mol. The molecule has 1 aliphatic heterocycles. The molecule has 1 heterocycles. The standard InChI is InChI=1S/C26H22FNO4/c1-3-30-24-15-18(11-12-23(24)31-16-19-8-6-7-17(2)13-19)14-22-26(29)32-25(28-22)20-9-4-5-10-21(20)27/h4-15H,3,16H2,1-2H3. The molecule has 5 nitrogen and oxygen atoms in total. The first-order valence-electron chi connectivity index (χ1n) is 10.3. The first kappa shape index (κ1) is 21.3. The van der Waals surface area contributed by atoms with Crippen LogP contribution in [0.2, 0.25) is 0 Å². The van der Waals surface area contributed by atoms with E-state index in [0.29, 0.717) is 30.3 Å². The molecule has 0 spiro atoms. The van der Waals surface area contributed by atoms with E-state index in [1.165, 1.54) is 12.1 Å². The number of aryl methyl sites for hydroxylation is 1. The van der Waals surface area contributed by atoms with Crippen molar-refractivity contribution < 1.29 is 23.4 Å². The van der Waals surface area contributed by atoms with Gasteiger partial charge in [0.1, 0.15) is 12.4 Å². The summed E-state index contributed by atoms with van der Waals surface area (Å²) < 4.78 is 30.8. The summed E-state index contributed by atoms with van der Waals surface area (Å²) in [6, 6.07) is 19.5. The Kier molecular flexibility index (Phi) is 6.31. The van der Waals surface area contributed by atoms with Crippen LogP contribution in [-0.4, -0.2) is 18.5 Å². The number of hydrogen-bond donors (Lipinski definition) is 0. The summed E-state index contributed by atoms with van der Waals surface area (Å²) in [5, 5.41) is 0. The molecule has 0 fully saturated rings. The van der Waals surface area contributed by atoms with Gasteiger partial charge in [-0.1, -0.05) is 48.0 Å². The smallest absolute Gasteiger partial charge is 0.363 e. The maximum atomic E-state index is 14.0. The van der Waals surface area contributed by atoms with Crippen molar-refractivity contribution in [2.24, 2.45) is 4.99 Å². The number of ether oxygens (including phenoxy) is 3. The fraction of sp³-hybridized carbons (Fsp3) is 0.154. The molecule has 162 valence electrons. The number of cyclic esters (lactones) is 1. The highest BCUT2D eigenvalue weighted by molar-refractivity contribution is 6.12. The van der Waals surface area contributed by atoms with E-state index in [-0.39, 0.29) is 17.2 Å². The molecule has 0 bridgehead atoms. The summed E-state index contributed by atoms with van der Waals surface area (Å²) in [6.07, 6.45) is 1.57. The van der Waals surface area contributed by atoms with Crippen LogP contribution in [0.3, 0.4) is 0 Å². The van der Waals surface area contributed by atoms with Crippen molar-refractivity contribution in [1.29, 1.82) is 0 Å². The minimum atomic E-state index is -0.638. The summed E-state index contributed by atoms with van der Waals surface area (Å²) in [4.78, 5) is 16.4. The van der Waals surface area contributed by atoms with Crippen molar-refractivity contribution in [3.05, 3.63) is 100 Å². The molecule has 3 aromatic carbocycles. The highest BCUT2D eigenvalue weighted by Gasteiger charge is 2.26. The summed E-state index contributed by atoms with van der Waals surface area (Å²) in [5.74, 6) is -0.0447. The molecule has 32 heavy (non-hydrogen) atoms. The third kappa shape index (κ3) is 4.86. The molecule has 0 aliphatic carbocycles. The largest absolute Gasteiger partial charge is 0.490 e. The summed E-state index contributed by atoms with van der Waals surface area (Å²) in [6.45, 7) is 4.78. The van der Waals surface area contributed by atoms with E-state index >= 15 is 0 Å². The van der Waals surface area contributed by atoms with E-state index < -0.39 is 11.8 Å². The Bertz CT molecular complexity index is 1220. The molecule has 0 saturated heterocycles. The maximum Gasteiger partial charge on any atom is 0.363 e. The first-order valence-corrected chi connectivity index (χ1v) is 10.3. The van der Waals surface area contributed by atoms with Crippen LogP contribution >= 0.6 is 0 Å². The summed E-state index contributed by atoms with van der Waals surface area (Å²) in [5.41, 5.74) is 3.12. The number of nitrogens with zero attached hydrogens (tertiary/aromatic N) is 1. The van der Waals surface area contributed by atoms with Gasteiger partial charge in [0.15, 0.2) is 17.2 Å². The quantitative estimate of drug-likeness (QED) is 0.368. The molecule has 6 heteroatoms. The van der Waals surface area contributed by atoms with Gasteiger partial charge in [0.2, 0.25) is 5.90 Å². The third-order valence-electron chi connectivity index (χ3n) is 4.77. The van der Waals surface area contributed by atoms with Crippen LogP contribution in [0.5, 0.6) is 11.5 Å². The van der Waals surface area contributed by atoms with Crippen LogP contribution in [0, 0.1) is 12.7 Å². The maximum absolute atomic E-state index is 14.0. The third-order valence-corrected chi connectivity index (χ3v) is 4.77. The minimum absolute atomic E-state index is 0.0533. The molecule has 4 rings (SSSR count). The van der Waals surface area contributed by atoms with Gasteiger partial charge in [-0.15, -0.1) is 0 Å². The van der Waals surface area contributed by atoms with E-state index in [9.17, 15) is 9.18 Å². The summed E-state index contributed by atoms with van der Waals surface area (Å²) >= 11 is 0. The van der Waals surface area contributed by atoms with Crippen LogP contribution in [-0.2, 0) is 16.1 Å². The predicted octanol–water partition coefficient (Wildman–Crippen LogP) is 5.46. The molecule has 0 saturated carbocycles. The Morgan fingerprint density at radius 2 is 1.84 bits per heavy atom. The fourth-order valence-electron chi connectivity index (χ4n) is 3.28. The van der Waals surface area contributed by atoms with Gasteiger partial charge >= 0.3 is 5.97 Å². The van der Waals surface area contributed by atoms with Crippen LogP contribution in [0.15, 0.2) is 77.4 Å². The second kappa shape index (κ2) is 9.47. The highest BCUT2D eigenvalue weighted by Crippen LogP contribution is 2.31. The number of carbonyl (C=O) groups is 1. The Hall–Kier alpha value is -3.93. The average Bonchev–Trinajstić information content (AvgIpc) is 3.13. The molecular formula is C26H22FNO4. The Balaban J connectivity index is 1.57. The lowest BCUT2D eigenvalue weighted by Gasteiger charge is -2.13. The van der Waals surface area contributed by atoms with Gasteiger partial charge in [0.25, 0.3) is 0 Å². The molecule has 1 aliphatic rings. The fourth-order valence-corrected chi connectivity index (χ4v) is 3.28. The number of benzene rings is 3. The first-order chi connectivity index (χ1) is 15.5. The van der Waals surface area contributed by atoms with Crippen molar-refractivity contribution in [3.63, 3.8) is 0 Å². The Morgan fingerprint density at radius 3 is 2.62 bits per heavy atom. The lowest BCUT2D eigenvalue weighted by atomic mass is 10.1. The van der Waals surface area contributed by atoms with Gasteiger partial charge in [-0.2, -0.15) is 0 Å². The van der Waals surface area contributed by atoms with Crippen molar-refractivity contribution in [3.8, 4) is 11.5 Å². The number of rotatable bonds is 7. The lowest BCUT2D eigenvalue weighted by molar-refractivity contribution is -0.129. The Morgan fingerprint density at radius 1 is 1.00 bits per heavy atom. The van der Waals surface area contributed by atoms with Gasteiger partial charge in [-0.25, -0.2) is 14.2 Å². The van der Waals surface area contributed by atoms with Crippen LogP contribution in [0.4, 0.5) is 4.39 Å². The van der Waals surface area contributed by atoms with E-state index in [1.807, 2.05) is 32.0 Å². The normalized spacial score (nSPS) is 14.3. The molecule has 0 atom stereocenters. The molecule has 0 aromatic heterocycles. The van der Waals surface area contributed by atoms with Crippen molar-refractivity contribution in [2.75, 3.05) is 6.61 Å². The molecule has 0 N–H and O–H groups in total. The number of hydrogen-bond acceptors (Lipinski definition) is 5. The number of esters is 1. The van der Waals surface area contributed by atoms with Crippen molar-refractivity contribution >= 4 is 17.9 Å². The zero-order valence-corrected chi connectivity index (χ0v) is 17.8. The van der Waals surface area contributed by atoms with Crippen LogP contribution in [0.1, 0.15) is 29.2 Å². The monoisotopic (exact) mass is 431 g/mol. The molecular weight excluding hydrogens is 409 g/mol. The van der Waals surface area contributed by atoms with E-state index in [0.717, 1.165) is 11.1 Å². The Labute approximate surface area is 185 Å². The van der Waals surface area contributed by atoms with Gasteiger partial charge in [-0.3, -0.25) is 0 Å². The lowest BCUT2D eigenvalue weighted by Crippen LogP contribution is -2.07. The van der Waals surface area contributed by atoms with Crippen molar-refractivity contribution in [2.45, 2.75) is 20.5 Å². The van der Waals surface area contributed by atoms with Gasteiger partial charge in [0, 0.05) is 0 Å². The minimum Gasteiger partial charge on any atom is -0.490 e. The zero-order valence-electron chi connectivity index (χ0n) is 17.8. The van der Waals surface area contributed by atoms with Crippen LogP contribution in [0.25, 0.3) is 6.08 Å². The van der Waals surface area contributed by atoms with E-state index in [1.54, 1.807) is 36.4 Å². The SMILES string of the molecule is CCOc1cc(C=C2N=C(c3ccccc3F)OC2=O)ccc1OCc1cccc(C)c1. The number of aliphatic imine (C=N–C) groups is 1. The number of halogens is 1. The molecule has 3 aromatic rings. The van der Waals surface area contributed by atoms with Gasteiger partial charge in [0.05, 0.1) is 12.2 Å². The van der Waals surface area contributed by atoms with Crippen LogP contribution < -0.4 is 9.47 Å². The average molecular weight is 431 g/mol. The summed E-state index contributed by atoms with van der Waals surface area (Å²) in [7, 11) is 0. The zero-order chi connectivity index (χ0) is 22.5. The van der Waals surface area contributed by atoms with E-state index in [4.69, 9.17) is 14.2 Å². The highest BCUT2D eigenvalue weighted by atomic mass is 19.1. The molecule has 0 radical (unpaired) electrons. The van der Waals surface area contributed by atoms with E-state index in [2.05, 4.69) is 11.1 Å². The number of carbonyl (C=O) groups excluding carboxylic acids is 1. The molecule has 0 unspecified atom stereocenters. The molecule has 0 amide bonds. The van der Waals surface area contributed by atoms with Gasteiger partial charge < -0.3 is 14.2 Å². The second-order valence-corrected chi connectivity index (χ2v) is 7.23.